The molecule has 74 valence electrons. The van der Waals surface area contributed by atoms with Gasteiger partial charge in [0.1, 0.15) is 6.10 Å². The van der Waals surface area contributed by atoms with Gasteiger partial charge in [0.15, 0.2) is 11.6 Å². The molecule has 0 bridgehead atoms. The number of aliphatic hydroxyl groups is 1. The highest BCUT2D eigenvalue weighted by Crippen LogP contribution is 2.29. The Balaban J connectivity index is 2.33. The summed E-state index contributed by atoms with van der Waals surface area (Å²) in [5.41, 5.74) is 0. The Hall–Kier alpha value is -0.720. The van der Waals surface area contributed by atoms with E-state index in [1.807, 2.05) is 12.1 Å². The molecule has 2 aromatic rings. The molecule has 0 aliphatic heterocycles. The predicted molar refractivity (Wildman–Crippen MR) is 58.0 cm³/mol. The van der Waals surface area contributed by atoms with Crippen molar-refractivity contribution in [2.45, 2.75) is 13.0 Å². The first-order valence-corrected chi connectivity index (χ1v) is 5.64. The molecule has 0 spiro atoms. The van der Waals surface area contributed by atoms with Gasteiger partial charge in [0, 0.05) is 0 Å². The van der Waals surface area contributed by atoms with Crippen LogP contribution in [0.1, 0.15) is 18.9 Å². The van der Waals surface area contributed by atoms with Gasteiger partial charge in [0.05, 0.1) is 8.66 Å². The van der Waals surface area contributed by atoms with Crippen LogP contribution in [0.15, 0.2) is 15.9 Å². The summed E-state index contributed by atoms with van der Waals surface area (Å²) in [6.45, 7) is 1.65. The van der Waals surface area contributed by atoms with Crippen molar-refractivity contribution in [3.8, 4) is 10.7 Å². The summed E-state index contributed by atoms with van der Waals surface area (Å²) in [5.74, 6) is 1.11. The summed E-state index contributed by atoms with van der Waals surface area (Å²) in [6.07, 6.45) is -0.611. The molecule has 1 unspecified atom stereocenters. The molecule has 2 heterocycles. The number of aromatic amines is 1. The maximum Gasteiger partial charge on any atom is 0.191 e. The minimum Gasteiger partial charge on any atom is -0.385 e. The number of hydrogen-bond acceptors (Lipinski definition) is 4. The molecular formula is C8H8BrN3OS. The van der Waals surface area contributed by atoms with Crippen LogP contribution in [-0.4, -0.2) is 20.3 Å². The summed E-state index contributed by atoms with van der Waals surface area (Å²) < 4.78 is 1.04. The van der Waals surface area contributed by atoms with Gasteiger partial charge >= 0.3 is 0 Å². The Kier molecular flexibility index (Phi) is 2.66. The van der Waals surface area contributed by atoms with Crippen LogP contribution in [0.2, 0.25) is 0 Å². The Morgan fingerprint density at radius 1 is 1.57 bits per heavy atom. The molecule has 2 rings (SSSR count). The average Bonchev–Trinajstić information content (AvgIpc) is 2.70. The summed E-state index contributed by atoms with van der Waals surface area (Å²) in [6, 6.07) is 3.88. The molecule has 14 heavy (non-hydrogen) atoms. The van der Waals surface area contributed by atoms with Crippen LogP contribution < -0.4 is 0 Å². The fourth-order valence-corrected chi connectivity index (χ4v) is 2.33. The highest BCUT2D eigenvalue weighted by atomic mass is 79.9. The molecule has 4 nitrogen and oxygen atoms in total. The first-order valence-electron chi connectivity index (χ1n) is 4.03. The Bertz CT molecular complexity index is 437. The Labute approximate surface area is 93.1 Å². The standard InChI is InChI=1S/C8H8BrN3OS/c1-4(13)7-10-8(12-11-7)5-2-3-6(9)14-5/h2-4,13H,1H3,(H,10,11,12). The zero-order valence-corrected chi connectivity index (χ0v) is 9.76. The topological polar surface area (TPSA) is 61.8 Å². The fraction of sp³-hybridized carbons (Fsp3) is 0.250. The van der Waals surface area contributed by atoms with Gasteiger partial charge in [-0.05, 0) is 35.0 Å². The number of thiophene rings is 1. The van der Waals surface area contributed by atoms with Crippen LogP contribution in [0.5, 0.6) is 0 Å². The molecule has 0 fully saturated rings. The zero-order valence-electron chi connectivity index (χ0n) is 7.36. The Morgan fingerprint density at radius 3 is 2.86 bits per heavy atom. The number of aromatic nitrogens is 3. The molecule has 0 saturated heterocycles. The van der Waals surface area contributed by atoms with Crippen molar-refractivity contribution in [2.75, 3.05) is 0 Å². The summed E-state index contributed by atoms with van der Waals surface area (Å²) >= 11 is 4.92. The maximum absolute atomic E-state index is 9.25. The van der Waals surface area contributed by atoms with Gasteiger partial charge in [0.2, 0.25) is 0 Å². The number of H-pyrrole nitrogens is 1. The number of rotatable bonds is 2. The van der Waals surface area contributed by atoms with E-state index >= 15 is 0 Å². The molecular weight excluding hydrogens is 266 g/mol. The van der Waals surface area contributed by atoms with E-state index in [2.05, 4.69) is 31.1 Å². The van der Waals surface area contributed by atoms with E-state index in [-0.39, 0.29) is 0 Å². The van der Waals surface area contributed by atoms with Crippen LogP contribution in [0.25, 0.3) is 10.7 Å². The second-order valence-electron chi connectivity index (χ2n) is 2.82. The second kappa shape index (κ2) is 3.80. The molecule has 0 aliphatic carbocycles. The van der Waals surface area contributed by atoms with Gasteiger partial charge in [-0.25, -0.2) is 4.98 Å². The normalized spacial score (nSPS) is 13.1. The first-order chi connectivity index (χ1) is 6.66. The lowest BCUT2D eigenvalue weighted by Crippen LogP contribution is -1.92. The highest BCUT2D eigenvalue weighted by molar-refractivity contribution is 9.11. The van der Waals surface area contributed by atoms with Gasteiger partial charge < -0.3 is 5.11 Å². The third kappa shape index (κ3) is 1.87. The van der Waals surface area contributed by atoms with Gasteiger partial charge in [0.25, 0.3) is 0 Å². The molecule has 0 aromatic carbocycles. The third-order valence-corrected chi connectivity index (χ3v) is 3.31. The van der Waals surface area contributed by atoms with Crippen LogP contribution >= 0.6 is 27.3 Å². The largest absolute Gasteiger partial charge is 0.385 e. The number of nitrogens with one attached hydrogen (secondary N) is 1. The van der Waals surface area contributed by atoms with Crippen molar-refractivity contribution in [1.29, 1.82) is 0 Å². The molecule has 1 atom stereocenters. The van der Waals surface area contributed by atoms with E-state index in [0.29, 0.717) is 11.6 Å². The second-order valence-corrected chi connectivity index (χ2v) is 5.29. The van der Waals surface area contributed by atoms with E-state index in [0.717, 1.165) is 8.66 Å². The predicted octanol–water partition coefficient (Wildman–Crippen LogP) is 2.35. The van der Waals surface area contributed by atoms with Crippen molar-refractivity contribution in [1.82, 2.24) is 15.2 Å². The molecule has 2 N–H and O–H groups in total. The maximum atomic E-state index is 9.25. The van der Waals surface area contributed by atoms with E-state index in [4.69, 9.17) is 0 Å². The van der Waals surface area contributed by atoms with Crippen LogP contribution in [-0.2, 0) is 0 Å². The monoisotopic (exact) mass is 273 g/mol. The van der Waals surface area contributed by atoms with Gasteiger partial charge in [-0.15, -0.1) is 11.3 Å². The summed E-state index contributed by atoms with van der Waals surface area (Å²) in [5, 5.41) is 16.0. The minimum atomic E-state index is -0.611. The summed E-state index contributed by atoms with van der Waals surface area (Å²) in [4.78, 5) is 5.14. The highest BCUT2D eigenvalue weighted by Gasteiger charge is 2.10. The lowest BCUT2D eigenvalue weighted by molar-refractivity contribution is 0.189. The SMILES string of the molecule is CC(O)c1nc(-c2ccc(Br)s2)n[nH]1. The van der Waals surface area contributed by atoms with E-state index in [9.17, 15) is 5.11 Å². The molecule has 6 heteroatoms. The van der Waals surface area contributed by atoms with Gasteiger partial charge in [-0.1, -0.05) is 0 Å². The average molecular weight is 274 g/mol. The quantitative estimate of drug-likeness (QED) is 0.883. The van der Waals surface area contributed by atoms with E-state index in [1.165, 1.54) is 0 Å². The van der Waals surface area contributed by atoms with Gasteiger partial charge in [-0.3, -0.25) is 5.10 Å². The molecule has 2 aromatic heterocycles. The lowest BCUT2D eigenvalue weighted by Gasteiger charge is -1.94. The third-order valence-electron chi connectivity index (χ3n) is 1.69. The van der Waals surface area contributed by atoms with Crippen molar-refractivity contribution >= 4 is 27.3 Å². The van der Waals surface area contributed by atoms with Crippen LogP contribution in [0.3, 0.4) is 0 Å². The van der Waals surface area contributed by atoms with Crippen LogP contribution in [0.4, 0.5) is 0 Å². The number of nitrogens with zero attached hydrogens (tertiary/aromatic N) is 2. The van der Waals surface area contributed by atoms with Crippen molar-refractivity contribution in [3.63, 3.8) is 0 Å². The lowest BCUT2D eigenvalue weighted by atomic mass is 10.4. The Morgan fingerprint density at radius 2 is 2.36 bits per heavy atom. The first kappa shape index (κ1) is 9.82. The number of halogens is 1. The fourth-order valence-electron chi connectivity index (χ4n) is 1.01. The molecule has 0 radical (unpaired) electrons. The van der Waals surface area contributed by atoms with Crippen molar-refractivity contribution < 1.29 is 5.11 Å². The van der Waals surface area contributed by atoms with E-state index in [1.54, 1.807) is 18.3 Å². The van der Waals surface area contributed by atoms with Gasteiger partial charge in [-0.2, -0.15) is 5.10 Å². The number of hydrogen-bond donors (Lipinski definition) is 2. The van der Waals surface area contributed by atoms with Crippen LogP contribution in [0, 0.1) is 0 Å². The van der Waals surface area contributed by atoms with E-state index < -0.39 is 6.10 Å². The number of aliphatic hydroxyl groups excluding tert-OH is 1. The summed E-state index contributed by atoms with van der Waals surface area (Å²) in [7, 11) is 0. The zero-order chi connectivity index (χ0) is 10.1. The minimum absolute atomic E-state index is 0.490. The molecule has 0 amide bonds. The van der Waals surface area contributed by atoms with Crippen molar-refractivity contribution in [2.24, 2.45) is 0 Å². The molecule has 0 saturated carbocycles. The smallest absolute Gasteiger partial charge is 0.191 e. The van der Waals surface area contributed by atoms with Crippen molar-refractivity contribution in [3.05, 3.63) is 21.7 Å². The molecule has 0 aliphatic rings.